The Morgan fingerprint density at radius 3 is 2.65 bits per heavy atom. The van der Waals surface area contributed by atoms with Gasteiger partial charge in [0.15, 0.2) is 11.4 Å². The fourth-order valence-corrected chi connectivity index (χ4v) is 3.07. The maximum Gasteiger partial charge on any atom is 0.411 e. The van der Waals surface area contributed by atoms with Gasteiger partial charge in [-0.1, -0.05) is 0 Å². The van der Waals surface area contributed by atoms with E-state index in [0.29, 0.717) is 36.9 Å². The Balaban J connectivity index is 1.57. The first-order valence-electron chi connectivity index (χ1n) is 9.76. The van der Waals surface area contributed by atoms with Crippen molar-refractivity contribution < 1.29 is 14.3 Å². The van der Waals surface area contributed by atoms with Crippen LogP contribution in [0.5, 0.6) is 5.75 Å². The molecule has 10 nitrogen and oxygen atoms in total. The van der Waals surface area contributed by atoms with Crippen molar-refractivity contribution in [2.45, 2.75) is 39.0 Å². The number of amides is 1. The van der Waals surface area contributed by atoms with Crippen LogP contribution in [0, 0.1) is 22.7 Å². The first-order chi connectivity index (χ1) is 14.8. The van der Waals surface area contributed by atoms with Crippen LogP contribution in [0.3, 0.4) is 0 Å². The Bertz CT molecular complexity index is 1010. The second kappa shape index (κ2) is 9.26. The molecule has 1 fully saturated rings. The Hall–Kier alpha value is -3.92. The fraction of sp³-hybridized carbons (Fsp3) is 0.429. The Kier molecular flexibility index (Phi) is 6.51. The van der Waals surface area contributed by atoms with E-state index in [2.05, 4.69) is 21.0 Å². The minimum absolute atomic E-state index is 0.0340. The van der Waals surface area contributed by atoms with E-state index in [1.807, 2.05) is 17.9 Å². The summed E-state index contributed by atoms with van der Waals surface area (Å²) in [7, 11) is 0. The van der Waals surface area contributed by atoms with Gasteiger partial charge < -0.3 is 19.3 Å². The van der Waals surface area contributed by atoms with Gasteiger partial charge in [-0.3, -0.25) is 4.98 Å². The SMILES string of the molecule is C[C@@H]1CN(C(=O)OC(C)(C)C#N)CCN1c1ncc(OCc2ccncc2C#N)cn1. The number of rotatable bonds is 5. The number of hydrogen-bond donors (Lipinski definition) is 0. The maximum absolute atomic E-state index is 12.3. The molecule has 0 aliphatic carbocycles. The van der Waals surface area contributed by atoms with Crippen LogP contribution in [-0.4, -0.2) is 57.2 Å². The van der Waals surface area contributed by atoms with Gasteiger partial charge in [0.25, 0.3) is 0 Å². The third kappa shape index (κ3) is 5.37. The van der Waals surface area contributed by atoms with Crippen LogP contribution in [0.25, 0.3) is 0 Å². The highest BCUT2D eigenvalue weighted by Crippen LogP contribution is 2.20. The van der Waals surface area contributed by atoms with Crippen LogP contribution >= 0.6 is 0 Å². The average Bonchev–Trinajstić information content (AvgIpc) is 2.78. The third-order valence-corrected chi connectivity index (χ3v) is 4.79. The van der Waals surface area contributed by atoms with Crippen LogP contribution in [-0.2, 0) is 11.3 Å². The van der Waals surface area contributed by atoms with Gasteiger partial charge in [-0.05, 0) is 26.8 Å². The van der Waals surface area contributed by atoms with Crippen molar-refractivity contribution in [1.82, 2.24) is 19.9 Å². The first-order valence-corrected chi connectivity index (χ1v) is 9.76. The molecule has 0 N–H and O–H groups in total. The van der Waals surface area contributed by atoms with Crippen molar-refractivity contribution in [3.05, 3.63) is 42.0 Å². The Morgan fingerprint density at radius 1 is 1.26 bits per heavy atom. The zero-order valence-corrected chi connectivity index (χ0v) is 17.6. The van der Waals surface area contributed by atoms with Crippen molar-refractivity contribution in [2.24, 2.45) is 0 Å². The molecule has 3 heterocycles. The van der Waals surface area contributed by atoms with E-state index >= 15 is 0 Å². The van der Waals surface area contributed by atoms with Crippen molar-refractivity contribution >= 4 is 12.0 Å². The molecular weight excluding hydrogens is 398 g/mol. The number of carbonyl (C=O) groups excluding carboxylic acids is 1. The monoisotopic (exact) mass is 421 g/mol. The topological polar surface area (TPSA) is 128 Å². The van der Waals surface area contributed by atoms with E-state index in [0.717, 1.165) is 5.56 Å². The Morgan fingerprint density at radius 2 is 2.00 bits per heavy atom. The van der Waals surface area contributed by atoms with Crippen LogP contribution in [0.1, 0.15) is 31.9 Å². The summed E-state index contributed by atoms with van der Waals surface area (Å²) in [4.78, 5) is 28.6. The van der Waals surface area contributed by atoms with E-state index in [-0.39, 0.29) is 12.6 Å². The second-order valence-electron chi connectivity index (χ2n) is 7.63. The molecule has 2 aromatic rings. The van der Waals surface area contributed by atoms with Crippen molar-refractivity contribution in [3.63, 3.8) is 0 Å². The molecule has 1 aliphatic heterocycles. The molecule has 0 spiro atoms. The molecule has 10 heteroatoms. The molecule has 31 heavy (non-hydrogen) atoms. The summed E-state index contributed by atoms with van der Waals surface area (Å²) in [5.41, 5.74) is 0.0295. The molecule has 160 valence electrons. The summed E-state index contributed by atoms with van der Waals surface area (Å²) < 4.78 is 10.9. The van der Waals surface area contributed by atoms with E-state index in [1.165, 1.54) is 6.20 Å². The van der Waals surface area contributed by atoms with E-state index < -0.39 is 11.7 Å². The van der Waals surface area contributed by atoms with Gasteiger partial charge in [-0.2, -0.15) is 10.5 Å². The van der Waals surface area contributed by atoms with Crippen LogP contribution in [0.15, 0.2) is 30.9 Å². The van der Waals surface area contributed by atoms with Gasteiger partial charge in [-0.25, -0.2) is 14.8 Å². The lowest BCUT2D eigenvalue weighted by atomic mass is 10.2. The van der Waals surface area contributed by atoms with Gasteiger partial charge in [0.05, 0.1) is 18.0 Å². The molecule has 2 aromatic heterocycles. The Labute approximate surface area is 180 Å². The number of pyridine rings is 1. The molecular formula is C21H23N7O3. The first kappa shape index (κ1) is 21.8. The summed E-state index contributed by atoms with van der Waals surface area (Å²) in [6.07, 6.45) is 5.76. The smallest absolute Gasteiger partial charge is 0.411 e. The maximum atomic E-state index is 12.3. The number of nitrogens with zero attached hydrogens (tertiary/aromatic N) is 7. The number of hydrogen-bond acceptors (Lipinski definition) is 9. The number of anilines is 1. The summed E-state index contributed by atoms with van der Waals surface area (Å²) >= 11 is 0. The van der Waals surface area contributed by atoms with Crippen LogP contribution in [0.4, 0.5) is 10.7 Å². The number of piperazine rings is 1. The highest BCUT2D eigenvalue weighted by atomic mass is 16.6. The molecule has 0 saturated carbocycles. The van der Waals surface area contributed by atoms with Gasteiger partial charge in [0, 0.05) is 43.6 Å². The van der Waals surface area contributed by atoms with E-state index in [1.54, 1.807) is 43.4 Å². The number of carbonyl (C=O) groups is 1. The average molecular weight is 421 g/mol. The van der Waals surface area contributed by atoms with E-state index in [4.69, 9.17) is 20.0 Å². The predicted octanol–water partition coefficient (Wildman–Crippen LogP) is 2.27. The zero-order valence-electron chi connectivity index (χ0n) is 17.6. The minimum atomic E-state index is -1.17. The molecule has 0 unspecified atom stereocenters. The molecule has 0 aromatic carbocycles. The minimum Gasteiger partial charge on any atom is -0.486 e. The van der Waals surface area contributed by atoms with Gasteiger partial charge >= 0.3 is 6.09 Å². The molecule has 0 bridgehead atoms. The van der Waals surface area contributed by atoms with Crippen molar-refractivity contribution in [3.8, 4) is 17.9 Å². The summed E-state index contributed by atoms with van der Waals surface area (Å²) in [5, 5.41) is 18.2. The van der Waals surface area contributed by atoms with Crippen molar-refractivity contribution in [2.75, 3.05) is 24.5 Å². The number of ether oxygens (including phenoxy) is 2. The molecule has 0 radical (unpaired) electrons. The fourth-order valence-electron chi connectivity index (χ4n) is 3.07. The largest absolute Gasteiger partial charge is 0.486 e. The summed E-state index contributed by atoms with van der Waals surface area (Å²) in [6.45, 7) is 6.69. The molecule has 1 atom stereocenters. The zero-order chi connectivity index (χ0) is 22.4. The highest BCUT2D eigenvalue weighted by molar-refractivity contribution is 5.69. The van der Waals surface area contributed by atoms with Crippen LogP contribution in [0.2, 0.25) is 0 Å². The third-order valence-electron chi connectivity index (χ3n) is 4.79. The highest BCUT2D eigenvalue weighted by Gasteiger charge is 2.32. The standard InChI is InChI=1S/C21H23N7O3/c1-15-12-27(20(29)31-21(2,3)14-23)6-7-28(15)19-25-10-18(11-26-19)30-13-16-4-5-24-9-17(16)8-22/h4-5,9-11,15H,6-7,12-13H2,1-3H3/t15-/m1/s1. The quantitative estimate of drug-likeness (QED) is 0.714. The van der Waals surface area contributed by atoms with E-state index in [9.17, 15) is 4.79 Å². The molecule has 3 rings (SSSR count). The summed E-state index contributed by atoms with van der Waals surface area (Å²) in [6, 6.07) is 5.74. The number of nitriles is 2. The second-order valence-corrected chi connectivity index (χ2v) is 7.63. The predicted molar refractivity (Wildman–Crippen MR) is 110 cm³/mol. The summed E-state index contributed by atoms with van der Waals surface area (Å²) in [5.74, 6) is 1.02. The lowest BCUT2D eigenvalue weighted by Crippen LogP contribution is -2.55. The lowest BCUT2D eigenvalue weighted by molar-refractivity contribution is 0.0410. The molecule has 1 saturated heterocycles. The van der Waals surface area contributed by atoms with Crippen LogP contribution < -0.4 is 9.64 Å². The van der Waals surface area contributed by atoms with Gasteiger partial charge in [-0.15, -0.1) is 0 Å². The van der Waals surface area contributed by atoms with Gasteiger partial charge in [0.2, 0.25) is 5.95 Å². The normalized spacial score (nSPS) is 16.2. The molecule has 1 aliphatic rings. The number of aromatic nitrogens is 3. The van der Waals surface area contributed by atoms with Gasteiger partial charge in [0.1, 0.15) is 18.7 Å². The lowest BCUT2D eigenvalue weighted by Gasteiger charge is -2.39. The van der Waals surface area contributed by atoms with Crippen molar-refractivity contribution in [1.29, 1.82) is 10.5 Å². The molecule has 1 amide bonds.